The third-order valence-electron chi connectivity index (χ3n) is 2.11. The second-order valence-electron chi connectivity index (χ2n) is 3.03. The van der Waals surface area contributed by atoms with Crippen molar-refractivity contribution in [3.8, 4) is 0 Å². The lowest BCUT2D eigenvalue weighted by molar-refractivity contribution is 0.426. The molecule has 0 saturated heterocycles. The summed E-state index contributed by atoms with van der Waals surface area (Å²) in [7, 11) is 0.170. The van der Waals surface area contributed by atoms with E-state index in [9.17, 15) is 4.79 Å². The van der Waals surface area contributed by atoms with Gasteiger partial charge in [0.05, 0.1) is 10.2 Å². The van der Waals surface area contributed by atoms with Crippen LogP contribution in [0.15, 0.2) is 23.0 Å². The molecule has 0 unspecified atom stereocenters. The molecule has 1 aromatic heterocycles. The van der Waals surface area contributed by atoms with Crippen molar-refractivity contribution < 1.29 is 10.0 Å². The summed E-state index contributed by atoms with van der Waals surface area (Å²) in [6, 6.07) is 4.93. The second kappa shape index (κ2) is 3.23. The summed E-state index contributed by atoms with van der Waals surface area (Å²) in [5.74, 6) is 0. The lowest BCUT2D eigenvalue weighted by Gasteiger charge is -1.99. The first-order valence-electron chi connectivity index (χ1n) is 4.05. The van der Waals surface area contributed by atoms with E-state index >= 15 is 0 Å². The molecule has 72 valence electrons. The van der Waals surface area contributed by atoms with Crippen LogP contribution in [0.3, 0.4) is 0 Å². The summed E-state index contributed by atoms with van der Waals surface area (Å²) in [6.45, 7) is 0. The van der Waals surface area contributed by atoms with E-state index in [4.69, 9.17) is 10.0 Å². The Bertz CT molecular complexity index is 531. The smallest absolute Gasteiger partial charge is 0.423 e. The van der Waals surface area contributed by atoms with E-state index in [2.05, 4.69) is 0 Å². The molecule has 0 radical (unpaired) electrons. The number of benzene rings is 1. The molecule has 1 heterocycles. The van der Waals surface area contributed by atoms with Crippen LogP contribution in [0.5, 0.6) is 0 Å². The zero-order valence-electron chi connectivity index (χ0n) is 7.47. The Morgan fingerprint density at radius 3 is 2.79 bits per heavy atom. The van der Waals surface area contributed by atoms with Crippen molar-refractivity contribution in [2.45, 2.75) is 0 Å². The zero-order chi connectivity index (χ0) is 10.3. The number of hydrogen-bond donors (Lipinski definition) is 2. The lowest BCUT2D eigenvalue weighted by atomic mass is 9.80. The van der Waals surface area contributed by atoms with Crippen molar-refractivity contribution in [2.24, 2.45) is 7.05 Å². The number of nitrogens with zero attached hydrogens (tertiary/aromatic N) is 1. The summed E-state index contributed by atoms with van der Waals surface area (Å²) in [4.78, 5) is 11.2. The second-order valence-corrected chi connectivity index (χ2v) is 4.02. The van der Waals surface area contributed by atoms with Gasteiger partial charge in [-0.25, -0.2) is 0 Å². The molecule has 2 aromatic rings. The predicted octanol–water partition coefficient (Wildman–Crippen LogP) is -0.720. The lowest BCUT2D eigenvalue weighted by Crippen LogP contribution is -2.29. The number of fused-ring (bicyclic) bond motifs is 1. The predicted molar refractivity (Wildman–Crippen MR) is 56.9 cm³/mol. The molecule has 0 spiro atoms. The van der Waals surface area contributed by atoms with Gasteiger partial charge in [0.25, 0.3) is 0 Å². The van der Waals surface area contributed by atoms with Crippen LogP contribution in [0.1, 0.15) is 0 Å². The van der Waals surface area contributed by atoms with Crippen LogP contribution in [0, 0.1) is 0 Å². The van der Waals surface area contributed by atoms with E-state index in [1.165, 1.54) is 4.57 Å². The third-order valence-corrected chi connectivity index (χ3v) is 3.13. The van der Waals surface area contributed by atoms with Crippen molar-refractivity contribution in [1.29, 1.82) is 0 Å². The maximum atomic E-state index is 11.3. The normalized spacial score (nSPS) is 10.8. The Hall–Kier alpha value is -1.11. The number of aromatic nitrogens is 1. The molecule has 0 atom stereocenters. The van der Waals surface area contributed by atoms with Crippen LogP contribution in [-0.4, -0.2) is 21.7 Å². The van der Waals surface area contributed by atoms with Gasteiger partial charge in [0.2, 0.25) is 0 Å². The molecule has 0 amide bonds. The van der Waals surface area contributed by atoms with E-state index in [1.54, 1.807) is 25.2 Å². The van der Waals surface area contributed by atoms with Gasteiger partial charge in [0.1, 0.15) is 0 Å². The van der Waals surface area contributed by atoms with E-state index < -0.39 is 7.12 Å². The molecule has 0 aliphatic carbocycles. The molecule has 4 nitrogen and oxygen atoms in total. The van der Waals surface area contributed by atoms with Gasteiger partial charge in [-0.05, 0) is 17.6 Å². The SMILES string of the molecule is Cn1c(=O)sc2ccc(B(O)O)cc21. The van der Waals surface area contributed by atoms with Gasteiger partial charge in [-0.3, -0.25) is 4.79 Å². The average molecular weight is 209 g/mol. The van der Waals surface area contributed by atoms with Gasteiger partial charge in [-0.2, -0.15) is 0 Å². The van der Waals surface area contributed by atoms with Crippen molar-refractivity contribution in [3.63, 3.8) is 0 Å². The van der Waals surface area contributed by atoms with Crippen molar-refractivity contribution in [3.05, 3.63) is 27.9 Å². The molecule has 14 heavy (non-hydrogen) atoms. The highest BCUT2D eigenvalue weighted by molar-refractivity contribution is 7.16. The van der Waals surface area contributed by atoms with Crippen LogP contribution in [-0.2, 0) is 7.05 Å². The molecule has 2 rings (SSSR count). The first kappa shape index (κ1) is 9.45. The summed E-state index contributed by atoms with van der Waals surface area (Å²) < 4.78 is 2.34. The average Bonchev–Trinajstić information content (AvgIpc) is 2.43. The minimum absolute atomic E-state index is 0.0513. The molecule has 0 fully saturated rings. The van der Waals surface area contributed by atoms with Gasteiger partial charge in [0.15, 0.2) is 0 Å². The highest BCUT2D eigenvalue weighted by atomic mass is 32.1. The van der Waals surface area contributed by atoms with Crippen LogP contribution in [0.25, 0.3) is 10.2 Å². The van der Waals surface area contributed by atoms with E-state index in [0.717, 1.165) is 21.6 Å². The maximum Gasteiger partial charge on any atom is 0.488 e. The van der Waals surface area contributed by atoms with Gasteiger partial charge in [-0.1, -0.05) is 17.4 Å². The molecule has 1 aromatic carbocycles. The van der Waals surface area contributed by atoms with Crippen molar-refractivity contribution in [1.82, 2.24) is 4.57 Å². The Balaban J connectivity index is 2.76. The van der Waals surface area contributed by atoms with Crippen molar-refractivity contribution in [2.75, 3.05) is 0 Å². The fraction of sp³-hybridized carbons (Fsp3) is 0.125. The standard InChI is InChI=1S/C8H8BNO3S/c1-10-6-4-5(9(12)13)2-3-7(6)14-8(10)11/h2-4,12-13H,1H3. The maximum absolute atomic E-state index is 11.3. The first-order valence-corrected chi connectivity index (χ1v) is 4.87. The Morgan fingerprint density at radius 2 is 2.14 bits per heavy atom. The first-order chi connectivity index (χ1) is 6.59. The fourth-order valence-electron chi connectivity index (χ4n) is 1.30. The molecule has 0 saturated carbocycles. The van der Waals surface area contributed by atoms with Crippen LogP contribution in [0.2, 0.25) is 0 Å². The van der Waals surface area contributed by atoms with Gasteiger partial charge in [0, 0.05) is 7.05 Å². The molecule has 0 aliphatic heterocycles. The van der Waals surface area contributed by atoms with Crippen LogP contribution in [0.4, 0.5) is 0 Å². The van der Waals surface area contributed by atoms with Crippen LogP contribution < -0.4 is 10.3 Å². The molecule has 0 bridgehead atoms. The molecular weight excluding hydrogens is 201 g/mol. The summed E-state index contributed by atoms with van der Waals surface area (Å²) >= 11 is 1.14. The highest BCUT2D eigenvalue weighted by Gasteiger charge is 2.13. The Kier molecular flexibility index (Phi) is 2.18. The quantitative estimate of drug-likeness (QED) is 0.609. The number of rotatable bonds is 1. The number of aryl methyl sites for hydroxylation is 1. The minimum atomic E-state index is -1.49. The molecule has 0 aliphatic rings. The summed E-state index contributed by atoms with van der Waals surface area (Å²) in [5.41, 5.74) is 1.12. The third kappa shape index (κ3) is 1.37. The Morgan fingerprint density at radius 1 is 1.43 bits per heavy atom. The molecule has 2 N–H and O–H groups in total. The zero-order valence-corrected chi connectivity index (χ0v) is 8.28. The molecule has 6 heteroatoms. The van der Waals surface area contributed by atoms with Gasteiger partial charge >= 0.3 is 12.0 Å². The van der Waals surface area contributed by atoms with E-state index in [0.29, 0.717) is 5.46 Å². The van der Waals surface area contributed by atoms with Gasteiger partial charge in [-0.15, -0.1) is 0 Å². The highest BCUT2D eigenvalue weighted by Crippen LogP contribution is 2.14. The topological polar surface area (TPSA) is 62.5 Å². The minimum Gasteiger partial charge on any atom is -0.423 e. The number of hydrogen-bond acceptors (Lipinski definition) is 4. The monoisotopic (exact) mass is 209 g/mol. The Labute approximate surface area is 84.2 Å². The van der Waals surface area contributed by atoms with Crippen molar-refractivity contribution >= 4 is 34.1 Å². The largest absolute Gasteiger partial charge is 0.488 e. The summed E-state index contributed by atoms with van der Waals surface area (Å²) in [5, 5.41) is 17.9. The van der Waals surface area contributed by atoms with E-state index in [1.807, 2.05) is 0 Å². The summed E-state index contributed by atoms with van der Waals surface area (Å²) in [6.07, 6.45) is 0. The van der Waals surface area contributed by atoms with Gasteiger partial charge < -0.3 is 14.6 Å². The van der Waals surface area contributed by atoms with Crippen LogP contribution >= 0.6 is 11.3 Å². The molecular formula is C8H8BNO3S. The fourth-order valence-corrected chi connectivity index (χ4v) is 2.16. The van der Waals surface area contributed by atoms with E-state index in [-0.39, 0.29) is 4.87 Å². The number of thiazole rings is 1.